The van der Waals surface area contributed by atoms with Crippen LogP contribution in [0.2, 0.25) is 0 Å². The average molecular weight is 275 g/mol. The number of nitrogens with zero attached hydrogens (tertiary/aromatic N) is 1. The molecule has 0 spiro atoms. The topological polar surface area (TPSA) is 4.93 Å². The second-order valence-electron chi connectivity index (χ2n) is 2.72. The van der Waals surface area contributed by atoms with E-state index in [9.17, 15) is 4.39 Å². The molecule has 2 rings (SSSR count). The lowest BCUT2D eigenvalue weighted by Gasteiger charge is -1.98. The van der Waals surface area contributed by atoms with Crippen LogP contribution < -0.4 is 0 Å². The SMILES string of the molecule is Cn1ccc2c(F)c(I)ccc21. The van der Waals surface area contributed by atoms with Crippen molar-refractivity contribution >= 4 is 33.5 Å². The van der Waals surface area contributed by atoms with E-state index in [4.69, 9.17) is 0 Å². The van der Waals surface area contributed by atoms with Crippen molar-refractivity contribution in [2.24, 2.45) is 7.05 Å². The van der Waals surface area contributed by atoms with E-state index in [1.54, 1.807) is 12.1 Å². The van der Waals surface area contributed by atoms with Crippen LogP contribution >= 0.6 is 22.6 Å². The number of benzene rings is 1. The summed E-state index contributed by atoms with van der Waals surface area (Å²) in [5.41, 5.74) is 0.938. The van der Waals surface area contributed by atoms with Gasteiger partial charge in [-0.2, -0.15) is 0 Å². The van der Waals surface area contributed by atoms with E-state index in [0.717, 1.165) is 5.52 Å². The van der Waals surface area contributed by atoms with Gasteiger partial charge < -0.3 is 4.57 Å². The van der Waals surface area contributed by atoms with E-state index in [-0.39, 0.29) is 5.82 Å². The fraction of sp³-hybridized carbons (Fsp3) is 0.111. The van der Waals surface area contributed by atoms with Gasteiger partial charge in [-0.3, -0.25) is 0 Å². The summed E-state index contributed by atoms with van der Waals surface area (Å²) in [6, 6.07) is 5.52. The van der Waals surface area contributed by atoms with Crippen molar-refractivity contribution in [1.29, 1.82) is 0 Å². The van der Waals surface area contributed by atoms with E-state index in [1.807, 2.05) is 46.5 Å². The Morgan fingerprint density at radius 2 is 2.08 bits per heavy atom. The number of hydrogen-bond donors (Lipinski definition) is 0. The van der Waals surface area contributed by atoms with Gasteiger partial charge in [0.15, 0.2) is 0 Å². The average Bonchev–Trinajstić information content (AvgIpc) is 2.41. The monoisotopic (exact) mass is 275 g/mol. The van der Waals surface area contributed by atoms with Crippen LogP contribution in [-0.4, -0.2) is 4.57 Å². The van der Waals surface area contributed by atoms with Crippen LogP contribution in [0.4, 0.5) is 4.39 Å². The summed E-state index contributed by atoms with van der Waals surface area (Å²) < 4.78 is 16.0. The standard InChI is InChI=1S/C9H7FIN/c1-12-5-4-6-8(12)3-2-7(11)9(6)10/h2-5H,1H3. The van der Waals surface area contributed by atoms with Gasteiger partial charge in [-0.25, -0.2) is 4.39 Å². The first-order valence-corrected chi connectivity index (χ1v) is 4.67. The van der Waals surface area contributed by atoms with Crippen molar-refractivity contribution in [1.82, 2.24) is 4.57 Å². The Balaban J connectivity index is 2.93. The Labute approximate surface area is 83.3 Å². The van der Waals surface area contributed by atoms with E-state index in [0.29, 0.717) is 8.96 Å². The van der Waals surface area contributed by atoms with E-state index >= 15 is 0 Å². The molecule has 0 fully saturated rings. The van der Waals surface area contributed by atoms with Crippen molar-refractivity contribution in [3.8, 4) is 0 Å². The fourth-order valence-corrected chi connectivity index (χ4v) is 1.76. The first-order valence-electron chi connectivity index (χ1n) is 3.59. The lowest BCUT2D eigenvalue weighted by Crippen LogP contribution is -1.86. The molecule has 0 bridgehead atoms. The third-order valence-electron chi connectivity index (χ3n) is 1.95. The zero-order chi connectivity index (χ0) is 8.72. The maximum Gasteiger partial charge on any atom is 0.145 e. The van der Waals surface area contributed by atoms with Gasteiger partial charge in [0.1, 0.15) is 5.82 Å². The Hall–Kier alpha value is -0.580. The van der Waals surface area contributed by atoms with Crippen LogP contribution in [0.5, 0.6) is 0 Å². The Kier molecular flexibility index (Phi) is 1.83. The second kappa shape index (κ2) is 2.73. The van der Waals surface area contributed by atoms with Crippen molar-refractivity contribution in [3.05, 3.63) is 33.8 Å². The molecule has 0 amide bonds. The quantitative estimate of drug-likeness (QED) is 0.651. The maximum absolute atomic E-state index is 13.4. The van der Waals surface area contributed by atoms with Gasteiger partial charge in [0.2, 0.25) is 0 Å². The molecule has 0 aliphatic heterocycles. The highest BCUT2D eigenvalue weighted by Crippen LogP contribution is 2.22. The first-order chi connectivity index (χ1) is 5.70. The van der Waals surface area contributed by atoms with Crippen LogP contribution in [0.15, 0.2) is 24.4 Å². The van der Waals surface area contributed by atoms with Gasteiger partial charge in [-0.05, 0) is 40.8 Å². The molecule has 2 aromatic rings. The van der Waals surface area contributed by atoms with Gasteiger partial charge >= 0.3 is 0 Å². The number of aryl methyl sites for hydroxylation is 1. The molecular formula is C9H7FIN. The highest BCUT2D eigenvalue weighted by atomic mass is 127. The van der Waals surface area contributed by atoms with Crippen LogP contribution in [0.3, 0.4) is 0 Å². The van der Waals surface area contributed by atoms with Crippen LogP contribution in [0.25, 0.3) is 10.9 Å². The Morgan fingerprint density at radius 3 is 2.83 bits per heavy atom. The summed E-state index contributed by atoms with van der Waals surface area (Å²) in [6.07, 6.45) is 1.86. The number of fused-ring (bicyclic) bond motifs is 1. The maximum atomic E-state index is 13.4. The number of halogens is 2. The van der Waals surface area contributed by atoms with Crippen LogP contribution in [-0.2, 0) is 7.05 Å². The van der Waals surface area contributed by atoms with E-state index < -0.39 is 0 Å². The normalized spacial score (nSPS) is 10.9. The zero-order valence-corrected chi connectivity index (χ0v) is 8.67. The van der Waals surface area contributed by atoms with Crippen molar-refractivity contribution in [3.63, 3.8) is 0 Å². The molecule has 1 aromatic heterocycles. The van der Waals surface area contributed by atoms with E-state index in [2.05, 4.69) is 0 Å². The number of rotatable bonds is 0. The predicted molar refractivity (Wildman–Crippen MR) is 55.6 cm³/mol. The molecule has 12 heavy (non-hydrogen) atoms. The molecule has 62 valence electrons. The molecule has 1 nitrogen and oxygen atoms in total. The molecule has 0 aliphatic rings. The Morgan fingerprint density at radius 1 is 1.33 bits per heavy atom. The van der Waals surface area contributed by atoms with Gasteiger partial charge in [0.25, 0.3) is 0 Å². The minimum Gasteiger partial charge on any atom is -0.350 e. The fourth-order valence-electron chi connectivity index (χ4n) is 1.29. The third kappa shape index (κ3) is 1.03. The van der Waals surface area contributed by atoms with Crippen LogP contribution in [0.1, 0.15) is 0 Å². The van der Waals surface area contributed by atoms with E-state index in [1.165, 1.54) is 0 Å². The highest BCUT2D eigenvalue weighted by molar-refractivity contribution is 14.1. The number of aromatic nitrogens is 1. The summed E-state index contributed by atoms with van der Waals surface area (Å²) in [6.45, 7) is 0. The highest BCUT2D eigenvalue weighted by Gasteiger charge is 2.06. The molecule has 0 radical (unpaired) electrons. The molecule has 1 aromatic carbocycles. The minimum atomic E-state index is -0.117. The third-order valence-corrected chi connectivity index (χ3v) is 2.79. The predicted octanol–water partition coefficient (Wildman–Crippen LogP) is 2.92. The minimum absolute atomic E-state index is 0.117. The molecule has 0 N–H and O–H groups in total. The van der Waals surface area contributed by atoms with Crippen molar-refractivity contribution in [2.45, 2.75) is 0 Å². The molecular weight excluding hydrogens is 268 g/mol. The van der Waals surface area contributed by atoms with Gasteiger partial charge in [0, 0.05) is 22.2 Å². The summed E-state index contributed by atoms with van der Waals surface area (Å²) >= 11 is 2.00. The first kappa shape index (κ1) is 8.04. The largest absolute Gasteiger partial charge is 0.350 e. The molecule has 0 saturated heterocycles. The summed E-state index contributed by atoms with van der Waals surface area (Å²) in [4.78, 5) is 0. The molecule has 0 saturated carbocycles. The molecule has 0 unspecified atom stereocenters. The molecule has 0 aliphatic carbocycles. The van der Waals surface area contributed by atoms with Gasteiger partial charge in [0.05, 0.1) is 5.52 Å². The second-order valence-corrected chi connectivity index (χ2v) is 3.88. The van der Waals surface area contributed by atoms with Gasteiger partial charge in [-0.1, -0.05) is 0 Å². The number of hydrogen-bond acceptors (Lipinski definition) is 0. The van der Waals surface area contributed by atoms with Crippen molar-refractivity contribution < 1.29 is 4.39 Å². The summed E-state index contributed by atoms with van der Waals surface area (Å²) in [5.74, 6) is -0.117. The lowest BCUT2D eigenvalue weighted by molar-refractivity contribution is 0.632. The van der Waals surface area contributed by atoms with Crippen molar-refractivity contribution in [2.75, 3.05) is 0 Å². The van der Waals surface area contributed by atoms with Gasteiger partial charge in [-0.15, -0.1) is 0 Å². The van der Waals surface area contributed by atoms with Crippen LogP contribution in [0, 0.1) is 9.39 Å². The summed E-state index contributed by atoms with van der Waals surface area (Å²) in [7, 11) is 1.91. The summed E-state index contributed by atoms with van der Waals surface area (Å²) in [5, 5.41) is 0.699. The lowest BCUT2D eigenvalue weighted by atomic mass is 10.2. The zero-order valence-electron chi connectivity index (χ0n) is 6.51. The smallest absolute Gasteiger partial charge is 0.145 e. The molecule has 0 atom stereocenters. The molecule has 3 heteroatoms. The molecule has 1 heterocycles. The Bertz CT molecular complexity index is 433.